The number of nitrogens with two attached hydrogens (primary N) is 1. The van der Waals surface area contributed by atoms with E-state index in [-0.39, 0.29) is 0 Å². The summed E-state index contributed by atoms with van der Waals surface area (Å²) in [5.41, 5.74) is 5.29. The first kappa shape index (κ1) is 6.96. The molecule has 1 aliphatic heterocycles. The molecule has 0 aromatic heterocycles. The molecule has 0 aromatic carbocycles. The third kappa shape index (κ3) is 1.91. The topological polar surface area (TPSA) is 29.3 Å². The number of rotatable bonds is 2. The molecule has 9 heavy (non-hydrogen) atoms. The first-order chi connectivity index (χ1) is 4.33. The third-order valence-corrected chi connectivity index (χ3v) is 1.66. The summed E-state index contributed by atoms with van der Waals surface area (Å²) < 4.78 is 12.4. The predicted molar refractivity (Wildman–Crippen MR) is 35.0 cm³/mol. The molecule has 2 N–H and O–H groups in total. The van der Waals surface area contributed by atoms with Crippen molar-refractivity contribution >= 4 is 0 Å². The van der Waals surface area contributed by atoms with Gasteiger partial charge >= 0.3 is 0 Å². The molecule has 1 atom stereocenters. The molecule has 0 unspecified atom stereocenters. The van der Waals surface area contributed by atoms with Crippen molar-refractivity contribution in [2.24, 2.45) is 5.73 Å². The van der Waals surface area contributed by atoms with Crippen molar-refractivity contribution < 1.29 is 4.39 Å². The zero-order chi connectivity index (χ0) is 6.69. The molecule has 0 aliphatic carbocycles. The predicted octanol–water partition coefficient (Wildman–Crippen LogP) is -0.0111. The lowest BCUT2D eigenvalue weighted by molar-refractivity contribution is 0.293. The monoisotopic (exact) mass is 132 g/mol. The highest BCUT2D eigenvalue weighted by Gasteiger charge is 2.20. The van der Waals surface area contributed by atoms with E-state index in [2.05, 4.69) is 4.90 Å². The van der Waals surface area contributed by atoms with E-state index >= 15 is 0 Å². The van der Waals surface area contributed by atoms with Gasteiger partial charge in [-0.25, -0.2) is 4.39 Å². The fourth-order valence-electron chi connectivity index (χ4n) is 1.17. The number of halogens is 1. The summed E-state index contributed by atoms with van der Waals surface area (Å²) in [5.74, 6) is 0. The molecule has 1 heterocycles. The van der Waals surface area contributed by atoms with E-state index in [4.69, 9.17) is 5.73 Å². The Morgan fingerprint density at radius 2 is 2.44 bits per heavy atom. The number of hydrogen-bond donors (Lipinski definition) is 1. The highest BCUT2D eigenvalue weighted by molar-refractivity contribution is 4.74. The summed E-state index contributed by atoms with van der Waals surface area (Å²) in [6, 6.07) is 0. The van der Waals surface area contributed by atoms with Crippen LogP contribution in [0.1, 0.15) is 6.42 Å². The minimum Gasteiger partial charge on any atom is -0.329 e. The largest absolute Gasteiger partial charge is 0.329 e. The summed E-state index contributed by atoms with van der Waals surface area (Å²) in [6.45, 7) is 2.97. The summed E-state index contributed by atoms with van der Waals surface area (Å²) >= 11 is 0. The molecule has 3 heteroatoms. The normalized spacial score (nSPS) is 29.3. The Morgan fingerprint density at radius 1 is 1.67 bits per heavy atom. The number of alkyl halides is 1. The van der Waals surface area contributed by atoms with Gasteiger partial charge in [-0.3, -0.25) is 4.90 Å². The van der Waals surface area contributed by atoms with Crippen LogP contribution in [0.3, 0.4) is 0 Å². The second-order valence-corrected chi connectivity index (χ2v) is 2.48. The van der Waals surface area contributed by atoms with E-state index in [0.29, 0.717) is 19.5 Å². The summed E-state index contributed by atoms with van der Waals surface area (Å²) in [6.07, 6.45) is 0.0940. The molecule has 1 fully saturated rings. The van der Waals surface area contributed by atoms with Crippen molar-refractivity contribution in [3.8, 4) is 0 Å². The van der Waals surface area contributed by atoms with Crippen molar-refractivity contribution in [2.45, 2.75) is 12.6 Å². The Morgan fingerprint density at radius 3 is 2.89 bits per heavy atom. The van der Waals surface area contributed by atoms with Crippen LogP contribution in [0.5, 0.6) is 0 Å². The van der Waals surface area contributed by atoms with E-state index in [0.717, 1.165) is 13.1 Å². The smallest absolute Gasteiger partial charge is 0.114 e. The lowest BCUT2D eigenvalue weighted by atomic mass is 10.3. The molecule has 2 nitrogen and oxygen atoms in total. The van der Waals surface area contributed by atoms with E-state index in [1.165, 1.54) is 0 Å². The molecule has 0 spiro atoms. The van der Waals surface area contributed by atoms with Gasteiger partial charge in [0.15, 0.2) is 0 Å². The van der Waals surface area contributed by atoms with E-state index < -0.39 is 6.17 Å². The minimum absolute atomic E-state index is 0.594. The minimum atomic E-state index is -0.600. The molecule has 1 saturated heterocycles. The van der Waals surface area contributed by atoms with Crippen molar-refractivity contribution in [3.63, 3.8) is 0 Å². The SMILES string of the molecule is NCCN1CC[C@H](F)C1. The van der Waals surface area contributed by atoms with Gasteiger partial charge < -0.3 is 5.73 Å². The van der Waals surface area contributed by atoms with Crippen LogP contribution in [0, 0.1) is 0 Å². The van der Waals surface area contributed by atoms with Gasteiger partial charge in [0.1, 0.15) is 6.17 Å². The van der Waals surface area contributed by atoms with Gasteiger partial charge in [0.05, 0.1) is 0 Å². The van der Waals surface area contributed by atoms with Crippen LogP contribution in [0.15, 0.2) is 0 Å². The molecule has 0 aromatic rings. The number of likely N-dealkylation sites (tertiary alicyclic amines) is 1. The molecular formula is C6H13FN2. The highest BCUT2D eigenvalue weighted by atomic mass is 19.1. The Bertz CT molecular complexity index is 85.1. The molecule has 1 aliphatic rings. The van der Waals surface area contributed by atoms with Gasteiger partial charge in [-0.2, -0.15) is 0 Å². The van der Waals surface area contributed by atoms with Crippen LogP contribution in [-0.2, 0) is 0 Å². The maximum atomic E-state index is 12.4. The zero-order valence-corrected chi connectivity index (χ0v) is 5.52. The van der Waals surface area contributed by atoms with Gasteiger partial charge in [-0.1, -0.05) is 0 Å². The first-order valence-corrected chi connectivity index (χ1v) is 3.39. The van der Waals surface area contributed by atoms with Crippen molar-refractivity contribution in [3.05, 3.63) is 0 Å². The lowest BCUT2D eigenvalue weighted by Gasteiger charge is -2.11. The fraction of sp³-hybridized carbons (Fsp3) is 1.00. The molecule has 54 valence electrons. The third-order valence-electron chi connectivity index (χ3n) is 1.66. The van der Waals surface area contributed by atoms with Crippen LogP contribution >= 0.6 is 0 Å². The van der Waals surface area contributed by atoms with E-state index in [9.17, 15) is 4.39 Å². The lowest BCUT2D eigenvalue weighted by Crippen LogP contribution is -2.27. The van der Waals surface area contributed by atoms with Gasteiger partial charge in [-0.15, -0.1) is 0 Å². The quantitative estimate of drug-likeness (QED) is 0.572. The highest BCUT2D eigenvalue weighted by Crippen LogP contribution is 2.10. The maximum absolute atomic E-state index is 12.4. The van der Waals surface area contributed by atoms with Gasteiger partial charge in [0, 0.05) is 26.2 Å². The average Bonchev–Trinajstić information content (AvgIpc) is 2.17. The molecular weight excluding hydrogens is 119 g/mol. The molecule has 0 amide bonds. The molecule has 0 saturated carbocycles. The van der Waals surface area contributed by atoms with Gasteiger partial charge in [-0.05, 0) is 6.42 Å². The Hall–Kier alpha value is -0.150. The van der Waals surface area contributed by atoms with Crippen LogP contribution in [-0.4, -0.2) is 37.3 Å². The standard InChI is InChI=1S/C6H13FN2/c7-6-1-3-9(5-6)4-2-8/h6H,1-5,8H2/t6-/m0/s1. The Labute approximate surface area is 54.8 Å². The van der Waals surface area contributed by atoms with Gasteiger partial charge in [0.25, 0.3) is 0 Å². The summed E-state index contributed by atoms with van der Waals surface area (Å²) in [5, 5.41) is 0. The Kier molecular flexibility index (Phi) is 2.42. The second-order valence-electron chi connectivity index (χ2n) is 2.48. The van der Waals surface area contributed by atoms with E-state index in [1.54, 1.807) is 0 Å². The summed E-state index contributed by atoms with van der Waals surface area (Å²) in [7, 11) is 0. The van der Waals surface area contributed by atoms with Crippen LogP contribution < -0.4 is 5.73 Å². The molecule has 0 bridgehead atoms. The molecule has 0 radical (unpaired) electrons. The molecule has 1 rings (SSSR count). The first-order valence-electron chi connectivity index (χ1n) is 3.39. The van der Waals surface area contributed by atoms with Crippen molar-refractivity contribution in [1.82, 2.24) is 4.90 Å². The fourth-order valence-corrected chi connectivity index (χ4v) is 1.17. The van der Waals surface area contributed by atoms with Crippen LogP contribution in [0.25, 0.3) is 0 Å². The number of hydrogen-bond acceptors (Lipinski definition) is 2. The Balaban J connectivity index is 2.14. The van der Waals surface area contributed by atoms with E-state index in [1.807, 2.05) is 0 Å². The summed E-state index contributed by atoms with van der Waals surface area (Å²) in [4.78, 5) is 2.06. The van der Waals surface area contributed by atoms with Crippen LogP contribution in [0.2, 0.25) is 0 Å². The average molecular weight is 132 g/mol. The van der Waals surface area contributed by atoms with Crippen molar-refractivity contribution in [1.29, 1.82) is 0 Å². The van der Waals surface area contributed by atoms with Gasteiger partial charge in [0.2, 0.25) is 0 Å². The van der Waals surface area contributed by atoms with Crippen LogP contribution in [0.4, 0.5) is 4.39 Å². The second kappa shape index (κ2) is 3.13. The zero-order valence-electron chi connectivity index (χ0n) is 5.52. The van der Waals surface area contributed by atoms with Crippen molar-refractivity contribution in [2.75, 3.05) is 26.2 Å². The maximum Gasteiger partial charge on any atom is 0.114 e. The number of nitrogens with zero attached hydrogens (tertiary/aromatic N) is 1.